The van der Waals surface area contributed by atoms with Gasteiger partial charge in [0, 0.05) is 8.99 Å². The molecule has 6 nitrogen and oxygen atoms in total. The molecule has 3 rings (SSSR count). The molecule has 196 valence electrons. The van der Waals surface area contributed by atoms with Gasteiger partial charge < -0.3 is 0 Å². The molecule has 0 bridgehead atoms. The van der Waals surface area contributed by atoms with Gasteiger partial charge in [-0.3, -0.25) is 4.31 Å². The van der Waals surface area contributed by atoms with Gasteiger partial charge in [-0.2, -0.15) is 8.42 Å². The summed E-state index contributed by atoms with van der Waals surface area (Å²) in [6.07, 6.45) is -1.00. The van der Waals surface area contributed by atoms with Gasteiger partial charge in [0.25, 0.3) is 20.1 Å². The number of benzene rings is 3. The number of nitrogens with zero attached hydrogens (tertiary/aromatic N) is 1. The van der Waals surface area contributed by atoms with Crippen molar-refractivity contribution in [1.82, 2.24) is 0 Å². The van der Waals surface area contributed by atoms with Crippen LogP contribution in [-0.4, -0.2) is 29.5 Å². The Balaban J connectivity index is 1.96. The minimum atomic E-state index is -4.08. The summed E-state index contributed by atoms with van der Waals surface area (Å²) in [5.74, 6) is 5.76. The Kier molecular flexibility index (Phi) is 9.11. The molecule has 0 aliphatic carbocycles. The lowest BCUT2D eigenvalue weighted by Crippen LogP contribution is -2.33. The van der Waals surface area contributed by atoms with E-state index >= 15 is 0 Å². The van der Waals surface area contributed by atoms with E-state index in [1.807, 2.05) is 46.8 Å². The summed E-state index contributed by atoms with van der Waals surface area (Å²) in [4.78, 5) is 0.181. The highest BCUT2D eigenvalue weighted by molar-refractivity contribution is 14.1. The van der Waals surface area contributed by atoms with Gasteiger partial charge >= 0.3 is 0 Å². The quantitative estimate of drug-likeness (QED) is 0.180. The highest BCUT2D eigenvalue weighted by atomic mass is 127. The Bertz CT molecular complexity index is 1500. The van der Waals surface area contributed by atoms with Crippen LogP contribution in [0, 0.1) is 34.7 Å². The number of anilines is 1. The molecule has 0 N–H and O–H groups in total. The SMILES string of the molecule is Cc1ccc(S(=O)(=O)OC(C#CCN(c2ccc(I)cc2)S(=O)(=O)c2ccc(C)cc2)C(C)(C)C)cc1. The van der Waals surface area contributed by atoms with Crippen LogP contribution in [0.1, 0.15) is 31.9 Å². The van der Waals surface area contributed by atoms with E-state index in [1.54, 1.807) is 48.5 Å². The van der Waals surface area contributed by atoms with Crippen molar-refractivity contribution in [2.75, 3.05) is 10.8 Å². The van der Waals surface area contributed by atoms with Crippen LogP contribution in [0.4, 0.5) is 5.69 Å². The molecule has 0 aliphatic heterocycles. The zero-order chi connectivity index (χ0) is 27.4. The van der Waals surface area contributed by atoms with Crippen molar-refractivity contribution in [3.8, 4) is 11.8 Å². The fraction of sp³-hybridized carbons (Fsp3) is 0.286. The van der Waals surface area contributed by atoms with Crippen molar-refractivity contribution in [3.05, 3.63) is 87.5 Å². The van der Waals surface area contributed by atoms with Crippen molar-refractivity contribution in [1.29, 1.82) is 0 Å². The molecule has 0 heterocycles. The molecular formula is C28H30INO5S2. The first-order chi connectivity index (χ1) is 17.2. The standard InChI is InChI=1S/C28H30INO5S2/c1-21-8-16-25(17-9-21)36(31,32)30(24-14-12-23(29)13-15-24)20-6-7-27(28(3,4)5)35-37(33,34)26-18-10-22(2)11-19-26/h8-19,27H,20H2,1-5H3. The molecule has 3 aromatic rings. The van der Waals surface area contributed by atoms with E-state index in [9.17, 15) is 16.8 Å². The van der Waals surface area contributed by atoms with Gasteiger partial charge in [-0.05, 0) is 85.0 Å². The predicted octanol–water partition coefficient (Wildman–Crippen LogP) is 5.93. The molecular weight excluding hydrogens is 621 g/mol. The fourth-order valence-electron chi connectivity index (χ4n) is 3.24. The Morgan fingerprint density at radius 1 is 0.811 bits per heavy atom. The lowest BCUT2D eigenvalue weighted by Gasteiger charge is -2.26. The van der Waals surface area contributed by atoms with Gasteiger partial charge in [0.2, 0.25) is 0 Å². The summed E-state index contributed by atoms with van der Waals surface area (Å²) < 4.78 is 60.7. The second-order valence-corrected chi connectivity index (χ2v) is 14.4. The van der Waals surface area contributed by atoms with Crippen molar-refractivity contribution >= 4 is 48.4 Å². The maximum Gasteiger partial charge on any atom is 0.298 e. The van der Waals surface area contributed by atoms with Crippen LogP contribution in [0.5, 0.6) is 0 Å². The molecule has 0 radical (unpaired) electrons. The molecule has 0 fully saturated rings. The Morgan fingerprint density at radius 3 is 1.78 bits per heavy atom. The monoisotopic (exact) mass is 651 g/mol. The summed E-state index contributed by atoms with van der Waals surface area (Å²) >= 11 is 2.15. The topological polar surface area (TPSA) is 80.8 Å². The molecule has 0 saturated heterocycles. The average molecular weight is 652 g/mol. The molecule has 1 atom stereocenters. The largest absolute Gasteiger partial charge is 0.298 e. The molecule has 0 aliphatic rings. The Morgan fingerprint density at radius 2 is 1.30 bits per heavy atom. The first-order valence-electron chi connectivity index (χ1n) is 11.5. The fourth-order valence-corrected chi connectivity index (χ4v) is 6.14. The van der Waals surface area contributed by atoms with E-state index in [4.69, 9.17) is 4.18 Å². The molecule has 3 aromatic carbocycles. The van der Waals surface area contributed by atoms with E-state index in [0.29, 0.717) is 5.69 Å². The van der Waals surface area contributed by atoms with Crippen molar-refractivity contribution < 1.29 is 21.0 Å². The van der Waals surface area contributed by atoms with Crippen LogP contribution in [-0.2, 0) is 24.3 Å². The van der Waals surface area contributed by atoms with Crippen molar-refractivity contribution in [3.63, 3.8) is 0 Å². The van der Waals surface area contributed by atoms with Gasteiger partial charge in [0.15, 0.2) is 0 Å². The third kappa shape index (κ3) is 7.57. The number of aryl methyl sites for hydroxylation is 2. The van der Waals surface area contributed by atoms with Crippen LogP contribution < -0.4 is 4.31 Å². The smallest absolute Gasteiger partial charge is 0.254 e. The van der Waals surface area contributed by atoms with Gasteiger partial charge in [-0.1, -0.05) is 68.0 Å². The van der Waals surface area contributed by atoms with Gasteiger partial charge in [-0.15, -0.1) is 0 Å². The predicted molar refractivity (Wildman–Crippen MR) is 155 cm³/mol. The maximum absolute atomic E-state index is 13.6. The van der Waals surface area contributed by atoms with Gasteiger partial charge in [-0.25, -0.2) is 12.6 Å². The lowest BCUT2D eigenvalue weighted by atomic mass is 9.89. The minimum Gasteiger partial charge on any atom is -0.254 e. The summed E-state index contributed by atoms with van der Waals surface area (Å²) in [6, 6.07) is 20.0. The number of sulfonamides is 1. The van der Waals surface area contributed by atoms with Crippen LogP contribution in [0.2, 0.25) is 0 Å². The molecule has 1 unspecified atom stereocenters. The first kappa shape index (κ1) is 29.2. The summed E-state index contributed by atoms with van der Waals surface area (Å²) in [7, 11) is -8.01. The van der Waals surface area contributed by atoms with E-state index in [-0.39, 0.29) is 16.3 Å². The van der Waals surface area contributed by atoms with Gasteiger partial charge in [0.05, 0.1) is 22.0 Å². The summed E-state index contributed by atoms with van der Waals surface area (Å²) in [5.41, 5.74) is 1.67. The molecule has 9 heteroatoms. The third-order valence-corrected chi connectivity index (χ3v) is 9.30. The number of hydrogen-bond donors (Lipinski definition) is 0. The van der Waals surface area contributed by atoms with E-state index in [2.05, 4.69) is 34.4 Å². The Labute approximate surface area is 234 Å². The molecule has 37 heavy (non-hydrogen) atoms. The van der Waals surface area contributed by atoms with Crippen LogP contribution in [0.3, 0.4) is 0 Å². The number of hydrogen-bond acceptors (Lipinski definition) is 5. The van der Waals surface area contributed by atoms with Crippen molar-refractivity contribution in [2.45, 2.75) is 50.5 Å². The molecule has 0 spiro atoms. The summed E-state index contributed by atoms with van der Waals surface area (Å²) in [6.45, 7) is 9.02. The maximum atomic E-state index is 13.6. The van der Waals surface area contributed by atoms with Crippen LogP contribution >= 0.6 is 22.6 Å². The van der Waals surface area contributed by atoms with Crippen molar-refractivity contribution in [2.24, 2.45) is 5.41 Å². The number of halogens is 1. The first-order valence-corrected chi connectivity index (χ1v) is 15.5. The van der Waals surface area contributed by atoms with E-state index in [1.165, 1.54) is 16.4 Å². The second kappa shape index (κ2) is 11.6. The zero-order valence-corrected chi connectivity index (χ0v) is 25.2. The highest BCUT2D eigenvalue weighted by Crippen LogP contribution is 2.27. The second-order valence-electron chi connectivity index (χ2n) is 9.73. The van der Waals surface area contributed by atoms with Crippen LogP contribution in [0.15, 0.2) is 82.6 Å². The summed E-state index contributed by atoms with van der Waals surface area (Å²) in [5, 5.41) is 0. The Hall–Kier alpha value is -2.39. The molecule has 0 amide bonds. The molecule has 0 aromatic heterocycles. The van der Waals surface area contributed by atoms with E-state index < -0.39 is 31.7 Å². The number of rotatable bonds is 7. The minimum absolute atomic E-state index is 0.0385. The zero-order valence-electron chi connectivity index (χ0n) is 21.4. The normalized spacial score (nSPS) is 12.9. The lowest BCUT2D eigenvalue weighted by molar-refractivity contribution is 0.143. The molecule has 0 saturated carbocycles. The average Bonchev–Trinajstić information content (AvgIpc) is 2.81. The van der Waals surface area contributed by atoms with Gasteiger partial charge in [0.1, 0.15) is 6.10 Å². The third-order valence-electron chi connectivity index (χ3n) is 5.50. The van der Waals surface area contributed by atoms with Crippen LogP contribution in [0.25, 0.3) is 0 Å². The highest BCUT2D eigenvalue weighted by Gasteiger charge is 2.30. The van der Waals surface area contributed by atoms with E-state index in [0.717, 1.165) is 14.7 Å².